The van der Waals surface area contributed by atoms with Crippen LogP contribution < -0.4 is 97.0 Å². The molecule has 45 nitrogen and oxygen atoms in total. The minimum absolute atomic E-state index is 0.00153. The van der Waals surface area contributed by atoms with Crippen LogP contribution in [0.4, 0.5) is 20.1 Å². The monoisotopic (exact) mass is 1830 g/mol. The van der Waals surface area contributed by atoms with Crippen LogP contribution in [0.3, 0.4) is 0 Å². The number of aromatic hydroxyl groups is 1. The molecular weight excluding hydrogens is 1700 g/mol. The normalized spacial score (nSPS) is 16.0. The van der Waals surface area contributed by atoms with Gasteiger partial charge in [-0.05, 0) is 173 Å². The van der Waals surface area contributed by atoms with Gasteiger partial charge in [0.25, 0.3) is 5.91 Å². The minimum atomic E-state index is -1.70. The topological polar surface area (TPSA) is 676 Å². The van der Waals surface area contributed by atoms with Crippen molar-refractivity contribution in [2.45, 2.75) is 243 Å². The van der Waals surface area contributed by atoms with Crippen molar-refractivity contribution in [1.82, 2.24) is 89.4 Å². The summed E-state index contributed by atoms with van der Waals surface area (Å²) in [6, 6.07) is 8.19. The van der Waals surface area contributed by atoms with Crippen LogP contribution in [0.1, 0.15) is 179 Å². The van der Waals surface area contributed by atoms with Crippen LogP contribution >= 0.6 is 0 Å². The summed E-state index contributed by atoms with van der Waals surface area (Å²) in [5, 5.41) is 83.0. The van der Waals surface area contributed by atoms with Gasteiger partial charge in [0.1, 0.15) is 54.6 Å². The number of hydrogen-bond acceptors (Lipinski definition) is 25. The summed E-state index contributed by atoms with van der Waals surface area (Å²) in [6.45, 7) is 16.8. The van der Waals surface area contributed by atoms with Crippen LogP contribution in [0.15, 0.2) is 79.0 Å². The van der Waals surface area contributed by atoms with Crippen molar-refractivity contribution in [3.05, 3.63) is 107 Å². The molecule has 1 aromatic heterocycles. The van der Waals surface area contributed by atoms with E-state index in [4.69, 9.17) is 51.4 Å². The zero-order chi connectivity index (χ0) is 96.2. The Morgan fingerprint density at radius 1 is 0.538 bits per heavy atom. The van der Waals surface area contributed by atoms with Gasteiger partial charge in [-0.3, -0.25) is 62.9 Å². The Hall–Kier alpha value is -12.9. The maximum absolute atomic E-state index is 14.4. The smallest absolute Gasteiger partial charge is 0.407 e. The van der Waals surface area contributed by atoms with Crippen molar-refractivity contribution in [3.8, 4) is 5.75 Å². The van der Waals surface area contributed by atoms with Crippen LogP contribution in [-0.2, 0) is 109 Å². The average Bonchev–Trinajstić information content (AvgIpc) is 0.855. The number of aromatic nitrogens is 3. The Bertz CT molecular complexity index is 4420. The van der Waals surface area contributed by atoms with E-state index in [1.807, 2.05) is 55.4 Å². The van der Waals surface area contributed by atoms with E-state index in [9.17, 15) is 82.1 Å². The van der Waals surface area contributed by atoms with E-state index >= 15 is 0 Å². The van der Waals surface area contributed by atoms with E-state index < -0.39 is 161 Å². The number of aliphatic hydroxyl groups excluding tert-OH is 1. The highest BCUT2D eigenvalue weighted by Crippen LogP contribution is 2.24. The Labute approximate surface area is 753 Å². The molecule has 0 unspecified atom stereocenters. The molecule has 2 heterocycles. The summed E-state index contributed by atoms with van der Waals surface area (Å²) in [4.78, 5) is 196. The van der Waals surface area contributed by atoms with Crippen molar-refractivity contribution >= 4 is 101 Å². The highest BCUT2D eigenvalue weighted by atomic mass is 16.5. The number of amides is 16. The number of nitrogens with one attached hydrogen (secondary N) is 16. The first-order valence-corrected chi connectivity index (χ1v) is 42.9. The number of carbonyl (C=O) groups is 15. The number of urea groups is 2. The number of primary amides is 2. The molecule has 5 rings (SSSR count). The molecule has 0 saturated carbocycles. The fourth-order valence-corrected chi connectivity index (χ4v) is 12.7. The van der Waals surface area contributed by atoms with Crippen LogP contribution in [0, 0.1) is 5.41 Å². The van der Waals surface area contributed by atoms with Gasteiger partial charge in [-0.1, -0.05) is 53.7 Å². The van der Waals surface area contributed by atoms with E-state index in [0.717, 1.165) is 0 Å². The first kappa shape index (κ1) is 108. The third-order valence-electron chi connectivity index (χ3n) is 20.4. The highest BCUT2D eigenvalue weighted by Gasteiger charge is 2.36. The van der Waals surface area contributed by atoms with E-state index in [1.54, 1.807) is 48.5 Å². The number of carboxylic acid groups (broad SMARTS) is 1. The van der Waals surface area contributed by atoms with Crippen LogP contribution in [0.25, 0.3) is 0 Å². The first-order valence-electron chi connectivity index (χ1n) is 42.9. The summed E-state index contributed by atoms with van der Waals surface area (Å²) in [7, 11) is 0. The second kappa shape index (κ2) is 54.4. The SMILES string of the molecule is C[C@H](NC(=O)c1cn(CCOC(C)(C)CCOC(C)(C)CCC(=O)N[C@@H](CCCNC(N)=O)C(=O)NCCOC(C)(C)CCOC(C)(C)CCC(=O)NCc2ccc(C[C@@H]3NC(=O)[C@@H](Cc4ccc(O)cc4)NC(=O)[C@H](CC(=O)O)NC(=O)CNC(=O)[C@H](CCCNC(=N)N)NC3=O)cc2)nn1)C(=O)N[C@@H](CCCNC(N)=O)C(=O)Nc1ccc(COC(=O)NCCO)cc1. The van der Waals surface area contributed by atoms with Gasteiger partial charge in [0.2, 0.25) is 59.1 Å². The molecule has 1 aliphatic rings. The number of anilines is 1. The molecule has 0 spiro atoms. The van der Waals surface area contributed by atoms with E-state index in [0.29, 0.717) is 53.6 Å². The number of nitrogens with two attached hydrogens (primary N) is 3. The van der Waals surface area contributed by atoms with Gasteiger partial charge >= 0.3 is 24.1 Å². The molecule has 1 saturated heterocycles. The second-order valence-electron chi connectivity index (χ2n) is 33.5. The third-order valence-corrected chi connectivity index (χ3v) is 20.4. The molecule has 7 atom stereocenters. The summed E-state index contributed by atoms with van der Waals surface area (Å²) in [5.41, 5.74) is 15.4. The number of aliphatic hydroxyl groups is 1. The van der Waals surface area contributed by atoms with Crippen LogP contribution in [0.2, 0.25) is 0 Å². The molecule has 0 radical (unpaired) electrons. The van der Waals surface area contributed by atoms with Gasteiger partial charge < -0.3 is 136 Å². The summed E-state index contributed by atoms with van der Waals surface area (Å²) in [6.07, 6.45) is 1.93. The van der Waals surface area contributed by atoms with Crippen molar-refractivity contribution < 1.29 is 111 Å². The molecule has 4 aromatic rings. The van der Waals surface area contributed by atoms with E-state index in [-0.39, 0.29) is 173 Å². The number of alkyl carbamates (subject to hydrolysis) is 1. The van der Waals surface area contributed by atoms with Crippen molar-refractivity contribution in [2.24, 2.45) is 17.2 Å². The van der Waals surface area contributed by atoms with Crippen molar-refractivity contribution in [1.29, 1.82) is 5.41 Å². The van der Waals surface area contributed by atoms with Gasteiger partial charge in [-0.2, -0.15) is 0 Å². The van der Waals surface area contributed by atoms with Gasteiger partial charge in [-0.25, -0.2) is 19.1 Å². The lowest BCUT2D eigenvalue weighted by molar-refractivity contribution is -0.141. The van der Waals surface area contributed by atoms with Gasteiger partial charge in [0.05, 0.1) is 81.1 Å². The fourth-order valence-electron chi connectivity index (χ4n) is 12.7. The number of hydrogen-bond donors (Lipinski definition) is 22. The molecule has 0 bridgehead atoms. The zero-order valence-corrected chi connectivity index (χ0v) is 75.1. The number of benzene rings is 3. The summed E-state index contributed by atoms with van der Waals surface area (Å²) < 4.78 is 31.3. The molecule has 0 aliphatic carbocycles. The number of rotatable bonds is 54. The standard InChI is InChI=1S/C85H130N22O23/c1-52(70(115)101-61(15-12-36-93-80(89)124)73(118)98-57-24-20-56(21-25-57)51-126-81(125)94-37-40-108)97-77(122)65-50-107(106-105-65)39-44-130-85(8,9)33-42-128-83(4,5)31-29-67(111)99-59(13-11-35-92-79(88)123)71(116)90-38-43-129-84(6,7)32-41-127-82(2,3)30-28-66(110)95-48-55-18-16-53(17-19-55)45-62-74(119)102-60(14-10-34-91-78(86)87)72(117)96-49-68(112)100-64(47-69(113)114)76(121)104-63(75(120)103-62)46-54-22-26-58(109)27-23-54/h16-27,50,52,59-64,108-109H,10-15,28-49,51H2,1-9H3,(H,90,116)(H,94,125)(H,95,110)(H,96,117)(H,97,122)(H,98,118)(H,99,111)(H,100,112)(H,101,115)(H,102,119)(H,103,120)(H,104,121)(H,113,114)(H4,86,87,91)(H3,88,92,123)(H3,89,93,124)/t52-,59-,60-,61-,62-,63+,64-/m0/s1. The lowest BCUT2D eigenvalue weighted by Gasteiger charge is -2.30. The second-order valence-corrected chi connectivity index (χ2v) is 33.5. The Kier molecular flexibility index (Phi) is 45.1. The molecule has 1 aliphatic heterocycles. The Morgan fingerprint density at radius 2 is 1.05 bits per heavy atom. The number of guanidine groups is 1. The number of aliphatic carboxylic acids is 1. The molecule has 3 aromatic carbocycles. The minimum Gasteiger partial charge on any atom is -0.508 e. The Morgan fingerprint density at radius 3 is 1.61 bits per heavy atom. The third kappa shape index (κ3) is 43.7. The fraction of sp³-hybridized carbons (Fsp3) is 0.576. The largest absolute Gasteiger partial charge is 0.508 e. The average molecular weight is 1830 g/mol. The number of nitrogens with zero attached hydrogens (tertiary/aromatic N) is 3. The van der Waals surface area contributed by atoms with Gasteiger partial charge in [0, 0.05) is 70.6 Å². The van der Waals surface area contributed by atoms with E-state index in [2.05, 4.69) is 90.1 Å². The van der Waals surface area contributed by atoms with Gasteiger partial charge in [0.15, 0.2) is 11.7 Å². The van der Waals surface area contributed by atoms with Crippen molar-refractivity contribution in [2.75, 3.05) is 77.6 Å². The number of phenols is 1. The Balaban J connectivity index is 1.03. The highest BCUT2D eigenvalue weighted by molar-refractivity contribution is 6.01. The first-order chi connectivity index (χ1) is 61.4. The molecule has 16 amide bonds. The van der Waals surface area contributed by atoms with Crippen LogP contribution in [0.5, 0.6) is 5.75 Å². The van der Waals surface area contributed by atoms with Gasteiger partial charge in [-0.15, -0.1) is 5.10 Å². The summed E-state index contributed by atoms with van der Waals surface area (Å²) >= 11 is 0. The molecule has 1 fully saturated rings. The number of phenolic OH excluding ortho intramolecular Hbond substituents is 1. The molecule has 130 heavy (non-hydrogen) atoms. The number of carbonyl (C=O) groups excluding carboxylic acids is 14. The predicted octanol–water partition coefficient (Wildman–Crippen LogP) is -0.628. The quantitative estimate of drug-likeness (QED) is 0.0149. The molecule has 718 valence electrons. The summed E-state index contributed by atoms with van der Waals surface area (Å²) in [5.74, 6) is -9.59. The van der Waals surface area contributed by atoms with Crippen molar-refractivity contribution in [3.63, 3.8) is 0 Å². The number of ether oxygens (including phenoxy) is 5. The lowest BCUT2D eigenvalue weighted by atomic mass is 10.00. The number of carboxylic acids is 1. The molecule has 25 N–H and O–H groups in total. The van der Waals surface area contributed by atoms with Crippen LogP contribution in [-0.4, -0.2) is 262 Å². The lowest BCUT2D eigenvalue weighted by Crippen LogP contribution is -2.58. The maximum Gasteiger partial charge on any atom is 0.407 e. The maximum atomic E-state index is 14.4. The molecule has 45 heteroatoms. The predicted molar refractivity (Wildman–Crippen MR) is 472 cm³/mol. The zero-order valence-electron chi connectivity index (χ0n) is 75.1. The molecular formula is C85H130N22O23. The van der Waals surface area contributed by atoms with E-state index in [1.165, 1.54) is 42.1 Å².